The lowest BCUT2D eigenvalue weighted by molar-refractivity contribution is -0.113. The summed E-state index contributed by atoms with van der Waals surface area (Å²) >= 11 is 7.12. The number of anilines is 1. The number of benzene rings is 2. The predicted octanol–water partition coefficient (Wildman–Crippen LogP) is 4.33. The number of carbonyl (C=O) groups excluding carboxylic acids is 1. The van der Waals surface area contributed by atoms with Gasteiger partial charge in [0.2, 0.25) is 5.91 Å². The molecular formula is C19H17ClFN3O2S. The van der Waals surface area contributed by atoms with Gasteiger partial charge in [0.25, 0.3) is 5.56 Å². The van der Waals surface area contributed by atoms with Crippen LogP contribution in [-0.4, -0.2) is 21.2 Å². The standard InChI is InChI=1S/C19H17ClFN3O2S/c1-2-9-24-18(26)13-5-3-4-6-15(13)23-19(24)27-11-17(25)22-16-10-12(21)7-8-14(16)20/h3-8,10H,2,9,11H2,1H3,(H,22,25). The van der Waals surface area contributed by atoms with Crippen molar-refractivity contribution in [2.45, 2.75) is 25.0 Å². The third-order valence-electron chi connectivity index (χ3n) is 3.81. The molecule has 3 rings (SSSR count). The highest BCUT2D eigenvalue weighted by Gasteiger charge is 2.13. The Bertz CT molecular complexity index is 1050. The molecule has 0 atom stereocenters. The number of thioether (sulfide) groups is 1. The maximum atomic E-state index is 13.3. The molecule has 5 nitrogen and oxygen atoms in total. The summed E-state index contributed by atoms with van der Waals surface area (Å²) in [6, 6.07) is 10.9. The molecule has 0 saturated heterocycles. The lowest BCUT2D eigenvalue weighted by Crippen LogP contribution is -2.24. The van der Waals surface area contributed by atoms with Crippen LogP contribution in [0.1, 0.15) is 13.3 Å². The van der Waals surface area contributed by atoms with E-state index in [1.165, 1.54) is 12.1 Å². The Hall–Kier alpha value is -2.38. The highest BCUT2D eigenvalue weighted by molar-refractivity contribution is 7.99. The smallest absolute Gasteiger partial charge is 0.262 e. The SMILES string of the molecule is CCCn1c(SCC(=O)Nc2cc(F)ccc2Cl)nc2ccccc2c1=O. The fourth-order valence-electron chi connectivity index (χ4n) is 2.59. The summed E-state index contributed by atoms with van der Waals surface area (Å²) in [7, 11) is 0. The first-order chi connectivity index (χ1) is 13.0. The van der Waals surface area contributed by atoms with Crippen molar-refractivity contribution in [1.82, 2.24) is 9.55 Å². The van der Waals surface area contributed by atoms with Gasteiger partial charge in [-0.2, -0.15) is 0 Å². The van der Waals surface area contributed by atoms with Crippen molar-refractivity contribution in [3.05, 3.63) is 63.7 Å². The van der Waals surface area contributed by atoms with Crippen LogP contribution in [0.15, 0.2) is 52.4 Å². The van der Waals surface area contributed by atoms with E-state index in [9.17, 15) is 14.0 Å². The van der Waals surface area contributed by atoms with E-state index in [0.29, 0.717) is 22.6 Å². The van der Waals surface area contributed by atoms with Gasteiger partial charge in [-0.05, 0) is 36.8 Å². The molecule has 1 aromatic heterocycles. The number of hydrogen-bond donors (Lipinski definition) is 1. The maximum Gasteiger partial charge on any atom is 0.262 e. The molecule has 8 heteroatoms. The molecule has 0 radical (unpaired) electrons. The number of nitrogens with zero attached hydrogens (tertiary/aromatic N) is 2. The second kappa shape index (κ2) is 8.54. The summed E-state index contributed by atoms with van der Waals surface area (Å²) in [4.78, 5) is 29.5. The highest BCUT2D eigenvalue weighted by atomic mass is 35.5. The number of rotatable bonds is 6. The predicted molar refractivity (Wildman–Crippen MR) is 107 cm³/mol. The van der Waals surface area contributed by atoms with Gasteiger partial charge in [-0.1, -0.05) is 42.4 Å². The van der Waals surface area contributed by atoms with Crippen molar-refractivity contribution in [2.24, 2.45) is 0 Å². The molecule has 0 bridgehead atoms. The normalized spacial score (nSPS) is 10.9. The Morgan fingerprint density at radius 2 is 2.07 bits per heavy atom. The monoisotopic (exact) mass is 405 g/mol. The average Bonchev–Trinajstić information content (AvgIpc) is 2.66. The zero-order valence-corrected chi connectivity index (χ0v) is 16.1. The van der Waals surface area contributed by atoms with Gasteiger partial charge in [0, 0.05) is 6.54 Å². The van der Waals surface area contributed by atoms with Crippen LogP contribution in [-0.2, 0) is 11.3 Å². The quantitative estimate of drug-likeness (QED) is 0.489. The summed E-state index contributed by atoms with van der Waals surface area (Å²) < 4.78 is 14.9. The van der Waals surface area contributed by atoms with Gasteiger partial charge >= 0.3 is 0 Å². The van der Waals surface area contributed by atoms with Crippen LogP contribution in [0, 0.1) is 5.82 Å². The molecule has 0 aliphatic carbocycles. The number of para-hydroxylation sites is 1. The molecule has 0 fully saturated rings. The first-order valence-electron chi connectivity index (χ1n) is 8.37. The fraction of sp³-hybridized carbons (Fsp3) is 0.211. The number of aromatic nitrogens is 2. The van der Waals surface area contributed by atoms with Gasteiger partial charge in [0.15, 0.2) is 5.16 Å². The van der Waals surface area contributed by atoms with Crippen LogP contribution < -0.4 is 10.9 Å². The summed E-state index contributed by atoms with van der Waals surface area (Å²) in [6.07, 6.45) is 0.762. The zero-order chi connectivity index (χ0) is 19.4. The molecule has 1 heterocycles. The Labute approximate surface area is 164 Å². The fourth-order valence-corrected chi connectivity index (χ4v) is 3.58. The van der Waals surface area contributed by atoms with Crippen LogP contribution in [0.25, 0.3) is 10.9 Å². The topological polar surface area (TPSA) is 64.0 Å². The van der Waals surface area contributed by atoms with Gasteiger partial charge in [-0.25, -0.2) is 9.37 Å². The molecule has 1 amide bonds. The third-order valence-corrected chi connectivity index (χ3v) is 5.11. The van der Waals surface area contributed by atoms with Gasteiger partial charge in [0.05, 0.1) is 27.4 Å². The molecule has 0 spiro atoms. The highest BCUT2D eigenvalue weighted by Crippen LogP contribution is 2.23. The van der Waals surface area contributed by atoms with E-state index in [-0.39, 0.29) is 27.9 Å². The molecule has 0 saturated carbocycles. The molecule has 27 heavy (non-hydrogen) atoms. The molecule has 2 aromatic carbocycles. The molecule has 3 aromatic rings. The van der Waals surface area contributed by atoms with E-state index in [0.717, 1.165) is 24.2 Å². The minimum atomic E-state index is -0.490. The average molecular weight is 406 g/mol. The number of amides is 1. The Kier molecular flexibility index (Phi) is 6.13. The van der Waals surface area contributed by atoms with Crippen LogP contribution in [0.5, 0.6) is 0 Å². The lowest BCUT2D eigenvalue weighted by atomic mass is 10.2. The first-order valence-corrected chi connectivity index (χ1v) is 9.73. The van der Waals surface area contributed by atoms with E-state index in [2.05, 4.69) is 10.3 Å². The molecule has 140 valence electrons. The van der Waals surface area contributed by atoms with E-state index in [1.54, 1.807) is 22.8 Å². The Balaban J connectivity index is 1.81. The lowest BCUT2D eigenvalue weighted by Gasteiger charge is -2.12. The minimum Gasteiger partial charge on any atom is -0.324 e. The number of carbonyl (C=O) groups is 1. The number of hydrogen-bond acceptors (Lipinski definition) is 4. The van der Waals surface area contributed by atoms with Crippen molar-refractivity contribution in [3.8, 4) is 0 Å². The summed E-state index contributed by atoms with van der Waals surface area (Å²) in [6.45, 7) is 2.48. The second-order valence-corrected chi connectivity index (χ2v) is 7.18. The maximum absolute atomic E-state index is 13.3. The molecule has 0 aliphatic heterocycles. The van der Waals surface area contributed by atoms with Crippen LogP contribution in [0.3, 0.4) is 0 Å². The van der Waals surface area contributed by atoms with Gasteiger partial charge in [-0.15, -0.1) is 0 Å². The van der Waals surface area contributed by atoms with Crippen LogP contribution >= 0.6 is 23.4 Å². The second-order valence-electron chi connectivity index (χ2n) is 5.83. The Morgan fingerprint density at radius 3 is 2.85 bits per heavy atom. The van der Waals surface area contributed by atoms with E-state index in [4.69, 9.17) is 11.6 Å². The minimum absolute atomic E-state index is 0.0152. The van der Waals surface area contributed by atoms with Crippen LogP contribution in [0.4, 0.5) is 10.1 Å². The van der Waals surface area contributed by atoms with E-state index in [1.807, 2.05) is 13.0 Å². The van der Waals surface area contributed by atoms with Gasteiger partial charge < -0.3 is 5.32 Å². The van der Waals surface area contributed by atoms with Crippen molar-refractivity contribution in [1.29, 1.82) is 0 Å². The van der Waals surface area contributed by atoms with E-state index >= 15 is 0 Å². The summed E-state index contributed by atoms with van der Waals surface area (Å²) in [5.74, 6) is -0.838. The number of halogens is 2. The van der Waals surface area contributed by atoms with Gasteiger partial charge in [-0.3, -0.25) is 14.2 Å². The van der Waals surface area contributed by atoms with E-state index < -0.39 is 5.82 Å². The van der Waals surface area contributed by atoms with Gasteiger partial charge in [0.1, 0.15) is 5.82 Å². The summed E-state index contributed by atoms with van der Waals surface area (Å²) in [5.41, 5.74) is 0.671. The number of fused-ring (bicyclic) bond motifs is 1. The summed E-state index contributed by atoms with van der Waals surface area (Å²) in [5, 5.41) is 3.85. The molecule has 1 N–H and O–H groups in total. The first kappa shape index (κ1) is 19.4. The van der Waals surface area contributed by atoms with Crippen molar-refractivity contribution >= 4 is 45.9 Å². The largest absolute Gasteiger partial charge is 0.324 e. The molecule has 0 aliphatic rings. The van der Waals surface area contributed by atoms with Crippen LogP contribution in [0.2, 0.25) is 5.02 Å². The zero-order valence-electron chi connectivity index (χ0n) is 14.5. The molecular weight excluding hydrogens is 389 g/mol. The Morgan fingerprint density at radius 1 is 1.30 bits per heavy atom. The number of nitrogens with one attached hydrogen (secondary N) is 1. The molecule has 0 unspecified atom stereocenters. The van der Waals surface area contributed by atoms with Crippen molar-refractivity contribution in [3.63, 3.8) is 0 Å². The third kappa shape index (κ3) is 4.48. The van der Waals surface area contributed by atoms with Crippen molar-refractivity contribution in [2.75, 3.05) is 11.1 Å². The van der Waals surface area contributed by atoms with Crippen molar-refractivity contribution < 1.29 is 9.18 Å².